The Morgan fingerprint density at radius 1 is 1.12 bits per heavy atom. The maximum atomic E-state index is 6.25. The minimum absolute atomic E-state index is 0.483. The van der Waals surface area contributed by atoms with Crippen molar-refractivity contribution >= 4 is 0 Å². The van der Waals surface area contributed by atoms with Crippen LogP contribution in [0.3, 0.4) is 0 Å². The molecule has 0 radical (unpaired) electrons. The van der Waals surface area contributed by atoms with E-state index in [0.717, 1.165) is 12.0 Å². The van der Waals surface area contributed by atoms with Crippen LogP contribution in [-0.2, 0) is 0 Å². The Morgan fingerprint density at radius 2 is 1.88 bits per heavy atom. The molecule has 0 spiro atoms. The maximum absolute atomic E-state index is 6.25. The number of rotatable bonds is 6. The van der Waals surface area contributed by atoms with Gasteiger partial charge in [0.25, 0.3) is 0 Å². The van der Waals surface area contributed by atoms with E-state index in [9.17, 15) is 0 Å². The van der Waals surface area contributed by atoms with Gasteiger partial charge in [0.2, 0.25) is 0 Å². The topological polar surface area (TPSA) is 29.3 Å². The van der Waals surface area contributed by atoms with E-state index < -0.39 is 0 Å². The van der Waals surface area contributed by atoms with Crippen LogP contribution in [0, 0.1) is 5.92 Å². The van der Waals surface area contributed by atoms with Gasteiger partial charge >= 0.3 is 0 Å². The number of unbranched alkanes of at least 4 members (excludes halogenated alkanes) is 1. The predicted octanol–water partition coefficient (Wildman–Crippen LogP) is 2.77. The zero-order valence-electron chi connectivity index (χ0n) is 10.8. The molecule has 16 heavy (non-hydrogen) atoms. The quantitative estimate of drug-likeness (QED) is 0.751. The number of hydrogen-bond donors (Lipinski definition) is 1. The summed E-state index contributed by atoms with van der Waals surface area (Å²) in [5, 5.41) is 0. The Kier molecular flexibility index (Phi) is 4.66. The average Bonchev–Trinajstić information content (AvgIpc) is 3.10. The molecule has 2 fully saturated rings. The van der Waals surface area contributed by atoms with E-state index in [0.29, 0.717) is 6.04 Å². The molecule has 0 heterocycles. The van der Waals surface area contributed by atoms with E-state index in [-0.39, 0.29) is 0 Å². The largest absolute Gasteiger partial charge is 0.327 e. The summed E-state index contributed by atoms with van der Waals surface area (Å²) < 4.78 is 0. The molecule has 0 saturated heterocycles. The van der Waals surface area contributed by atoms with Crippen molar-refractivity contribution in [3.63, 3.8) is 0 Å². The standard InChI is InChI=1S/C14H28N2/c1-2-3-10-16(13-8-9-13)11-12-6-4-5-7-14(12)15/h12-14H,2-11,15H2,1H3. The molecule has 2 aliphatic carbocycles. The van der Waals surface area contributed by atoms with E-state index in [1.165, 1.54) is 64.5 Å². The van der Waals surface area contributed by atoms with Crippen molar-refractivity contribution in [3.8, 4) is 0 Å². The molecule has 2 N–H and O–H groups in total. The molecule has 2 rings (SSSR count). The van der Waals surface area contributed by atoms with Crippen LogP contribution < -0.4 is 5.73 Å². The lowest BCUT2D eigenvalue weighted by Crippen LogP contribution is -2.42. The molecule has 2 atom stereocenters. The van der Waals surface area contributed by atoms with Crippen LogP contribution in [0.15, 0.2) is 0 Å². The summed E-state index contributed by atoms with van der Waals surface area (Å²) in [6.07, 6.45) is 10.9. The Bertz CT molecular complexity index is 201. The molecule has 2 nitrogen and oxygen atoms in total. The zero-order valence-corrected chi connectivity index (χ0v) is 10.8. The molecule has 2 aliphatic rings. The highest BCUT2D eigenvalue weighted by Crippen LogP contribution is 2.31. The van der Waals surface area contributed by atoms with Crippen LogP contribution in [0.1, 0.15) is 58.3 Å². The fraction of sp³-hybridized carbons (Fsp3) is 1.00. The molecule has 2 unspecified atom stereocenters. The molecule has 0 amide bonds. The number of nitrogens with zero attached hydrogens (tertiary/aromatic N) is 1. The summed E-state index contributed by atoms with van der Waals surface area (Å²) >= 11 is 0. The van der Waals surface area contributed by atoms with Crippen LogP contribution in [-0.4, -0.2) is 30.1 Å². The van der Waals surface area contributed by atoms with Crippen LogP contribution in [0.5, 0.6) is 0 Å². The third-order valence-corrected chi connectivity index (χ3v) is 4.30. The van der Waals surface area contributed by atoms with E-state index in [2.05, 4.69) is 11.8 Å². The fourth-order valence-electron chi connectivity index (χ4n) is 2.99. The third kappa shape index (κ3) is 3.46. The van der Waals surface area contributed by atoms with Gasteiger partial charge in [0.05, 0.1) is 0 Å². The van der Waals surface area contributed by atoms with E-state index in [1.54, 1.807) is 0 Å². The SMILES string of the molecule is CCCCN(CC1CCCCC1N)C1CC1. The summed E-state index contributed by atoms with van der Waals surface area (Å²) in [7, 11) is 0. The number of nitrogens with two attached hydrogens (primary N) is 1. The Morgan fingerprint density at radius 3 is 2.50 bits per heavy atom. The summed E-state index contributed by atoms with van der Waals surface area (Å²) in [5.74, 6) is 0.784. The predicted molar refractivity (Wildman–Crippen MR) is 69.4 cm³/mol. The molecule has 2 heteroatoms. The van der Waals surface area contributed by atoms with Gasteiger partial charge in [-0.1, -0.05) is 26.2 Å². The molecule has 2 saturated carbocycles. The van der Waals surface area contributed by atoms with E-state index in [1.807, 2.05) is 0 Å². The van der Waals surface area contributed by atoms with Gasteiger partial charge < -0.3 is 10.6 Å². The molecule has 0 bridgehead atoms. The normalized spacial score (nSPS) is 30.9. The zero-order chi connectivity index (χ0) is 11.4. The van der Waals surface area contributed by atoms with Gasteiger partial charge in [-0.25, -0.2) is 0 Å². The van der Waals surface area contributed by atoms with Crippen LogP contribution >= 0.6 is 0 Å². The van der Waals surface area contributed by atoms with Gasteiger partial charge in [0, 0.05) is 18.6 Å². The highest BCUT2D eigenvalue weighted by atomic mass is 15.2. The number of hydrogen-bond acceptors (Lipinski definition) is 2. The van der Waals surface area contributed by atoms with Crippen LogP contribution in [0.4, 0.5) is 0 Å². The summed E-state index contributed by atoms with van der Waals surface area (Å²) in [5.41, 5.74) is 6.25. The molecular weight excluding hydrogens is 196 g/mol. The van der Waals surface area contributed by atoms with Gasteiger partial charge in [-0.15, -0.1) is 0 Å². The molecule has 94 valence electrons. The first-order chi connectivity index (χ1) is 7.81. The molecule has 0 aromatic heterocycles. The minimum atomic E-state index is 0.483. The van der Waals surface area contributed by atoms with Gasteiger partial charge in [0.1, 0.15) is 0 Å². The smallest absolute Gasteiger partial charge is 0.00965 e. The van der Waals surface area contributed by atoms with Gasteiger partial charge in [-0.2, -0.15) is 0 Å². The summed E-state index contributed by atoms with van der Waals surface area (Å²) in [4.78, 5) is 2.74. The second-order valence-corrected chi connectivity index (χ2v) is 5.79. The van der Waals surface area contributed by atoms with Crippen molar-refractivity contribution in [2.75, 3.05) is 13.1 Å². The molecule has 0 aromatic carbocycles. The van der Waals surface area contributed by atoms with E-state index >= 15 is 0 Å². The second-order valence-electron chi connectivity index (χ2n) is 5.79. The van der Waals surface area contributed by atoms with Gasteiger partial charge in [-0.3, -0.25) is 0 Å². The summed E-state index contributed by atoms with van der Waals surface area (Å²) in [6, 6.07) is 1.40. The monoisotopic (exact) mass is 224 g/mol. The first-order valence-electron chi connectivity index (χ1n) is 7.31. The average molecular weight is 224 g/mol. The minimum Gasteiger partial charge on any atom is -0.327 e. The third-order valence-electron chi connectivity index (χ3n) is 4.30. The van der Waals surface area contributed by atoms with Crippen molar-refractivity contribution in [1.82, 2.24) is 4.90 Å². The second kappa shape index (κ2) is 6.02. The maximum Gasteiger partial charge on any atom is 0.00965 e. The highest BCUT2D eigenvalue weighted by molar-refractivity contribution is 4.88. The molecule has 0 aliphatic heterocycles. The Labute approximate surface area is 101 Å². The molecular formula is C14H28N2. The van der Waals surface area contributed by atoms with Crippen molar-refractivity contribution in [2.24, 2.45) is 11.7 Å². The summed E-state index contributed by atoms with van der Waals surface area (Å²) in [6.45, 7) is 4.88. The van der Waals surface area contributed by atoms with Crippen LogP contribution in [0.25, 0.3) is 0 Å². The lowest BCUT2D eigenvalue weighted by Gasteiger charge is -2.33. The molecule has 0 aromatic rings. The first-order valence-corrected chi connectivity index (χ1v) is 7.31. The van der Waals surface area contributed by atoms with Crippen LogP contribution in [0.2, 0.25) is 0 Å². The Balaban J connectivity index is 1.78. The lowest BCUT2D eigenvalue weighted by atomic mass is 9.84. The fourth-order valence-corrected chi connectivity index (χ4v) is 2.99. The van der Waals surface area contributed by atoms with Gasteiger partial charge in [0.15, 0.2) is 0 Å². The lowest BCUT2D eigenvalue weighted by molar-refractivity contribution is 0.175. The van der Waals surface area contributed by atoms with Crippen molar-refractivity contribution in [3.05, 3.63) is 0 Å². The van der Waals surface area contributed by atoms with Crippen molar-refractivity contribution in [2.45, 2.75) is 70.4 Å². The Hall–Kier alpha value is -0.0800. The first kappa shape index (κ1) is 12.4. The van der Waals surface area contributed by atoms with E-state index in [4.69, 9.17) is 5.73 Å². The highest BCUT2D eigenvalue weighted by Gasteiger charge is 2.32. The van der Waals surface area contributed by atoms with Crippen molar-refractivity contribution < 1.29 is 0 Å². The van der Waals surface area contributed by atoms with Gasteiger partial charge in [-0.05, 0) is 44.6 Å². The van der Waals surface area contributed by atoms with Crippen molar-refractivity contribution in [1.29, 1.82) is 0 Å².